The lowest BCUT2D eigenvalue weighted by atomic mass is 9.95. The Hall–Kier alpha value is -2.37. The van der Waals surface area contributed by atoms with Gasteiger partial charge in [-0.15, -0.1) is 0 Å². The quantitative estimate of drug-likeness (QED) is 0.803. The highest BCUT2D eigenvalue weighted by molar-refractivity contribution is 5.77. The number of nitrogens with one attached hydrogen (secondary N) is 2. The van der Waals surface area contributed by atoms with Crippen LogP contribution >= 0.6 is 0 Å². The maximum absolute atomic E-state index is 6.21. The molecule has 22 heavy (non-hydrogen) atoms. The van der Waals surface area contributed by atoms with Crippen LogP contribution in [-0.4, -0.2) is 21.0 Å². The molecular weight excluding hydrogens is 276 g/mol. The molecule has 1 fully saturated rings. The number of anilines is 4. The van der Waals surface area contributed by atoms with Crippen LogP contribution in [0, 0.1) is 6.92 Å². The average molecular weight is 298 g/mol. The predicted octanol–water partition coefficient (Wildman–Crippen LogP) is 3.25. The Morgan fingerprint density at radius 2 is 1.86 bits per heavy atom. The SMILES string of the molecule is Cc1ccnc(Nc2ncnc(NC3CCCCC3)c2N)c1. The molecule has 2 heterocycles. The van der Waals surface area contributed by atoms with Gasteiger partial charge >= 0.3 is 0 Å². The van der Waals surface area contributed by atoms with Gasteiger partial charge in [0.25, 0.3) is 0 Å². The zero-order valence-electron chi connectivity index (χ0n) is 12.8. The Morgan fingerprint density at radius 1 is 1.09 bits per heavy atom. The molecule has 0 saturated heterocycles. The van der Waals surface area contributed by atoms with E-state index >= 15 is 0 Å². The summed E-state index contributed by atoms with van der Waals surface area (Å²) in [5.74, 6) is 2.03. The third-order valence-electron chi connectivity index (χ3n) is 3.99. The Bertz CT molecular complexity index is 636. The van der Waals surface area contributed by atoms with Crippen molar-refractivity contribution in [3.63, 3.8) is 0 Å². The van der Waals surface area contributed by atoms with Crippen LogP contribution in [-0.2, 0) is 0 Å². The zero-order chi connectivity index (χ0) is 15.4. The number of nitrogens with zero attached hydrogens (tertiary/aromatic N) is 3. The summed E-state index contributed by atoms with van der Waals surface area (Å²) in [5.41, 5.74) is 7.88. The second-order valence-corrected chi connectivity index (χ2v) is 5.81. The van der Waals surface area contributed by atoms with E-state index < -0.39 is 0 Å². The molecule has 0 unspecified atom stereocenters. The third-order valence-corrected chi connectivity index (χ3v) is 3.99. The number of aromatic nitrogens is 3. The first kappa shape index (κ1) is 14.6. The van der Waals surface area contributed by atoms with Gasteiger partial charge in [0.05, 0.1) is 0 Å². The maximum Gasteiger partial charge on any atom is 0.160 e. The molecule has 6 nitrogen and oxygen atoms in total. The van der Waals surface area contributed by atoms with Crippen molar-refractivity contribution in [1.29, 1.82) is 0 Å². The van der Waals surface area contributed by atoms with E-state index in [1.54, 1.807) is 6.20 Å². The smallest absolute Gasteiger partial charge is 0.160 e. The monoisotopic (exact) mass is 298 g/mol. The van der Waals surface area contributed by atoms with E-state index in [-0.39, 0.29) is 0 Å². The normalized spacial score (nSPS) is 15.5. The second kappa shape index (κ2) is 6.60. The summed E-state index contributed by atoms with van der Waals surface area (Å²) in [6.45, 7) is 2.02. The molecule has 0 spiro atoms. The fraction of sp³-hybridized carbons (Fsp3) is 0.438. The van der Waals surface area contributed by atoms with Crippen LogP contribution in [0.1, 0.15) is 37.7 Å². The van der Waals surface area contributed by atoms with Gasteiger partial charge in [-0.05, 0) is 37.5 Å². The van der Waals surface area contributed by atoms with Crippen LogP contribution < -0.4 is 16.4 Å². The molecule has 0 aliphatic heterocycles. The minimum Gasteiger partial charge on any atom is -0.393 e. The summed E-state index contributed by atoms with van der Waals surface area (Å²) >= 11 is 0. The molecular formula is C16H22N6. The van der Waals surface area contributed by atoms with Gasteiger partial charge in [-0.1, -0.05) is 19.3 Å². The Labute approximate surface area is 130 Å². The maximum atomic E-state index is 6.21. The lowest BCUT2D eigenvalue weighted by molar-refractivity contribution is 0.462. The number of pyridine rings is 1. The van der Waals surface area contributed by atoms with Gasteiger partial charge in [0.1, 0.15) is 17.8 Å². The molecule has 1 aliphatic rings. The van der Waals surface area contributed by atoms with Crippen molar-refractivity contribution < 1.29 is 0 Å². The van der Waals surface area contributed by atoms with E-state index in [9.17, 15) is 0 Å². The van der Waals surface area contributed by atoms with E-state index in [0.29, 0.717) is 23.4 Å². The van der Waals surface area contributed by atoms with E-state index in [4.69, 9.17) is 5.73 Å². The molecule has 116 valence electrons. The molecule has 1 saturated carbocycles. The number of hydrogen-bond donors (Lipinski definition) is 3. The van der Waals surface area contributed by atoms with Gasteiger partial charge in [0.15, 0.2) is 11.6 Å². The van der Waals surface area contributed by atoms with Gasteiger partial charge in [-0.3, -0.25) is 0 Å². The molecule has 0 aromatic carbocycles. The third kappa shape index (κ3) is 3.44. The zero-order valence-corrected chi connectivity index (χ0v) is 12.8. The standard InChI is InChI=1S/C16H22N6/c1-11-7-8-18-13(9-11)22-16-14(17)15(19-10-20-16)21-12-5-3-2-4-6-12/h7-10,12H,2-6,17H2,1H3,(H2,18,19,20,21,22). The fourth-order valence-corrected chi connectivity index (χ4v) is 2.78. The van der Waals surface area contributed by atoms with Crippen molar-refractivity contribution in [3.05, 3.63) is 30.2 Å². The first-order chi connectivity index (χ1) is 10.7. The van der Waals surface area contributed by atoms with Gasteiger partial charge in [0.2, 0.25) is 0 Å². The highest BCUT2D eigenvalue weighted by Crippen LogP contribution is 2.28. The van der Waals surface area contributed by atoms with Crippen LogP contribution in [0.4, 0.5) is 23.1 Å². The number of nitrogen functional groups attached to an aromatic ring is 1. The van der Waals surface area contributed by atoms with Crippen LogP contribution in [0.2, 0.25) is 0 Å². The van der Waals surface area contributed by atoms with Crippen molar-refractivity contribution in [3.8, 4) is 0 Å². The number of hydrogen-bond acceptors (Lipinski definition) is 6. The Kier molecular flexibility index (Phi) is 4.37. The molecule has 6 heteroatoms. The highest BCUT2D eigenvalue weighted by Gasteiger charge is 2.16. The fourth-order valence-electron chi connectivity index (χ4n) is 2.78. The summed E-state index contributed by atoms with van der Waals surface area (Å²) in [6, 6.07) is 4.36. The highest BCUT2D eigenvalue weighted by atomic mass is 15.1. The Morgan fingerprint density at radius 3 is 2.64 bits per heavy atom. The molecule has 2 aromatic heterocycles. The molecule has 2 aromatic rings. The van der Waals surface area contributed by atoms with Crippen LogP contribution in [0.3, 0.4) is 0 Å². The summed E-state index contributed by atoms with van der Waals surface area (Å²) in [6.07, 6.45) is 9.48. The largest absolute Gasteiger partial charge is 0.393 e. The Balaban J connectivity index is 1.76. The molecule has 0 radical (unpaired) electrons. The van der Waals surface area contributed by atoms with Gasteiger partial charge in [0, 0.05) is 12.2 Å². The molecule has 3 rings (SSSR count). The lowest BCUT2D eigenvalue weighted by Gasteiger charge is -2.24. The second-order valence-electron chi connectivity index (χ2n) is 5.81. The summed E-state index contributed by atoms with van der Waals surface area (Å²) in [7, 11) is 0. The van der Waals surface area contributed by atoms with Crippen molar-refractivity contribution in [2.45, 2.75) is 45.1 Å². The molecule has 0 bridgehead atoms. The van der Waals surface area contributed by atoms with Crippen molar-refractivity contribution in [2.24, 2.45) is 0 Å². The van der Waals surface area contributed by atoms with Crippen LogP contribution in [0.15, 0.2) is 24.7 Å². The average Bonchev–Trinajstić information content (AvgIpc) is 2.52. The summed E-state index contributed by atoms with van der Waals surface area (Å²) < 4.78 is 0. The lowest BCUT2D eigenvalue weighted by Crippen LogP contribution is -2.23. The summed E-state index contributed by atoms with van der Waals surface area (Å²) in [4.78, 5) is 12.8. The molecule has 0 amide bonds. The topological polar surface area (TPSA) is 88.8 Å². The van der Waals surface area contributed by atoms with Gasteiger partial charge in [-0.2, -0.15) is 0 Å². The minimum atomic E-state index is 0.455. The molecule has 4 N–H and O–H groups in total. The van der Waals surface area contributed by atoms with E-state index in [0.717, 1.165) is 11.4 Å². The molecule has 1 aliphatic carbocycles. The number of nitrogens with two attached hydrogens (primary N) is 1. The van der Waals surface area contributed by atoms with Crippen LogP contribution in [0.25, 0.3) is 0 Å². The first-order valence-corrected chi connectivity index (χ1v) is 7.79. The minimum absolute atomic E-state index is 0.455. The van der Waals surface area contributed by atoms with E-state index in [1.165, 1.54) is 38.4 Å². The summed E-state index contributed by atoms with van der Waals surface area (Å²) in [5, 5.41) is 6.61. The first-order valence-electron chi connectivity index (χ1n) is 7.79. The van der Waals surface area contributed by atoms with E-state index in [2.05, 4.69) is 25.6 Å². The molecule has 0 atom stereocenters. The van der Waals surface area contributed by atoms with Gasteiger partial charge < -0.3 is 16.4 Å². The van der Waals surface area contributed by atoms with E-state index in [1.807, 2.05) is 19.1 Å². The number of aryl methyl sites for hydroxylation is 1. The van der Waals surface area contributed by atoms with Crippen molar-refractivity contribution in [2.75, 3.05) is 16.4 Å². The van der Waals surface area contributed by atoms with Crippen LogP contribution in [0.5, 0.6) is 0 Å². The van der Waals surface area contributed by atoms with Crippen molar-refractivity contribution >= 4 is 23.1 Å². The number of rotatable bonds is 4. The van der Waals surface area contributed by atoms with Crippen molar-refractivity contribution in [1.82, 2.24) is 15.0 Å². The van der Waals surface area contributed by atoms with Gasteiger partial charge in [-0.25, -0.2) is 15.0 Å². The predicted molar refractivity (Wildman–Crippen MR) is 89.2 cm³/mol.